The molecule has 1 aromatic heterocycles. The molecule has 2 rings (SSSR count). The van der Waals surface area contributed by atoms with Crippen LogP contribution in [0.5, 0.6) is 0 Å². The number of likely N-dealkylation sites (tertiary alicyclic amines) is 1. The number of aryl methyl sites for hydroxylation is 1. The molecule has 1 atom stereocenters. The summed E-state index contributed by atoms with van der Waals surface area (Å²) in [5.74, 6) is 1.02. The molecule has 7 nitrogen and oxygen atoms in total. The van der Waals surface area contributed by atoms with Crippen LogP contribution in [0.4, 0.5) is 0 Å². The lowest BCUT2D eigenvalue weighted by Crippen LogP contribution is -2.45. The minimum absolute atomic E-state index is 0.0476. The predicted octanol–water partition coefficient (Wildman–Crippen LogP) is 1.88. The van der Waals surface area contributed by atoms with Crippen molar-refractivity contribution in [1.29, 1.82) is 0 Å². The van der Waals surface area contributed by atoms with E-state index in [2.05, 4.69) is 29.3 Å². The van der Waals surface area contributed by atoms with Crippen molar-refractivity contribution in [2.45, 2.75) is 59.4 Å². The fraction of sp³-hybridized carbons (Fsp3) is 0.765. The van der Waals surface area contributed by atoms with Crippen LogP contribution in [0.3, 0.4) is 0 Å². The van der Waals surface area contributed by atoms with Crippen LogP contribution in [0.15, 0.2) is 4.52 Å². The van der Waals surface area contributed by atoms with Crippen molar-refractivity contribution in [2.24, 2.45) is 11.8 Å². The maximum absolute atomic E-state index is 12.6. The van der Waals surface area contributed by atoms with E-state index in [-0.39, 0.29) is 24.2 Å². The Bertz CT molecular complexity index is 594. The molecule has 0 aromatic carbocycles. The second-order valence-electron chi connectivity index (χ2n) is 7.47. The molecule has 1 aromatic rings. The van der Waals surface area contributed by atoms with Gasteiger partial charge in [0.2, 0.25) is 17.7 Å². The molecule has 1 saturated heterocycles. The summed E-state index contributed by atoms with van der Waals surface area (Å²) in [6.07, 6.45) is 1.91. The SMILES string of the molecule is CCCc1nc(C(C)(C)NC(=O)[C@@H]2CC(=O)N(CC(C)C)C2)no1. The highest BCUT2D eigenvalue weighted by Crippen LogP contribution is 2.23. The second-order valence-corrected chi connectivity index (χ2v) is 7.47. The van der Waals surface area contributed by atoms with E-state index in [9.17, 15) is 9.59 Å². The molecule has 1 N–H and O–H groups in total. The molecule has 2 amide bonds. The molecule has 0 unspecified atom stereocenters. The standard InChI is InChI=1S/C17H28N4O3/c1-6-7-13-18-16(20-24-13)17(4,5)19-15(23)12-8-14(22)21(10-12)9-11(2)3/h11-12H,6-10H2,1-5H3,(H,19,23)/t12-/m1/s1. The summed E-state index contributed by atoms with van der Waals surface area (Å²) in [5.41, 5.74) is -0.735. The number of hydrogen-bond donors (Lipinski definition) is 1. The first-order valence-electron chi connectivity index (χ1n) is 8.65. The van der Waals surface area contributed by atoms with Crippen molar-refractivity contribution >= 4 is 11.8 Å². The molecule has 0 bridgehead atoms. The van der Waals surface area contributed by atoms with Gasteiger partial charge in [-0.15, -0.1) is 0 Å². The molecule has 0 saturated carbocycles. The van der Waals surface area contributed by atoms with Gasteiger partial charge in [0.05, 0.1) is 11.5 Å². The van der Waals surface area contributed by atoms with Crippen LogP contribution >= 0.6 is 0 Å². The topological polar surface area (TPSA) is 88.3 Å². The summed E-state index contributed by atoms with van der Waals surface area (Å²) in [7, 11) is 0. The third-order valence-corrected chi connectivity index (χ3v) is 4.10. The van der Waals surface area contributed by atoms with Crippen molar-refractivity contribution in [3.8, 4) is 0 Å². The zero-order chi connectivity index (χ0) is 17.9. The number of carbonyl (C=O) groups excluding carboxylic acids is 2. The zero-order valence-electron chi connectivity index (χ0n) is 15.3. The Labute approximate surface area is 143 Å². The molecular weight excluding hydrogens is 308 g/mol. The molecule has 7 heteroatoms. The molecule has 0 aliphatic carbocycles. The highest BCUT2D eigenvalue weighted by atomic mass is 16.5. The molecule has 1 aliphatic rings. The van der Waals surface area contributed by atoms with Crippen molar-refractivity contribution in [3.05, 3.63) is 11.7 Å². The van der Waals surface area contributed by atoms with E-state index in [0.717, 1.165) is 12.8 Å². The molecule has 1 fully saturated rings. The third kappa shape index (κ3) is 4.33. The van der Waals surface area contributed by atoms with E-state index in [1.807, 2.05) is 20.8 Å². The van der Waals surface area contributed by atoms with Crippen LogP contribution in [0, 0.1) is 11.8 Å². The molecule has 2 heterocycles. The monoisotopic (exact) mass is 336 g/mol. The molecule has 24 heavy (non-hydrogen) atoms. The van der Waals surface area contributed by atoms with Crippen molar-refractivity contribution in [2.75, 3.05) is 13.1 Å². The Kier molecular flexibility index (Phi) is 5.62. The Morgan fingerprint density at radius 2 is 2.17 bits per heavy atom. The highest BCUT2D eigenvalue weighted by Gasteiger charge is 2.37. The summed E-state index contributed by atoms with van der Waals surface area (Å²) in [5, 5.41) is 6.94. The van der Waals surface area contributed by atoms with E-state index in [0.29, 0.717) is 30.7 Å². The number of hydrogen-bond acceptors (Lipinski definition) is 5. The van der Waals surface area contributed by atoms with Crippen LogP contribution in [0.1, 0.15) is 59.2 Å². The Morgan fingerprint density at radius 1 is 1.46 bits per heavy atom. The number of rotatable bonds is 7. The highest BCUT2D eigenvalue weighted by molar-refractivity contribution is 5.89. The first-order chi connectivity index (χ1) is 11.2. The zero-order valence-corrected chi connectivity index (χ0v) is 15.3. The largest absolute Gasteiger partial charge is 0.343 e. The van der Waals surface area contributed by atoms with E-state index in [1.54, 1.807) is 4.90 Å². The van der Waals surface area contributed by atoms with Gasteiger partial charge in [-0.1, -0.05) is 25.9 Å². The average molecular weight is 336 g/mol. The first kappa shape index (κ1) is 18.4. The van der Waals surface area contributed by atoms with Gasteiger partial charge in [-0.3, -0.25) is 9.59 Å². The first-order valence-corrected chi connectivity index (χ1v) is 8.65. The summed E-state index contributed by atoms with van der Waals surface area (Å²) in [6.45, 7) is 11.0. The van der Waals surface area contributed by atoms with E-state index >= 15 is 0 Å². The van der Waals surface area contributed by atoms with Crippen LogP contribution in [-0.2, 0) is 21.5 Å². The smallest absolute Gasteiger partial charge is 0.226 e. The van der Waals surface area contributed by atoms with Crippen LogP contribution in [0.25, 0.3) is 0 Å². The van der Waals surface area contributed by atoms with Gasteiger partial charge in [-0.25, -0.2) is 0 Å². The lowest BCUT2D eigenvalue weighted by Gasteiger charge is -2.24. The van der Waals surface area contributed by atoms with Gasteiger partial charge < -0.3 is 14.7 Å². The number of carbonyl (C=O) groups is 2. The molecule has 0 radical (unpaired) electrons. The van der Waals surface area contributed by atoms with E-state index in [1.165, 1.54) is 0 Å². The Hall–Kier alpha value is -1.92. The van der Waals surface area contributed by atoms with E-state index in [4.69, 9.17) is 4.52 Å². The van der Waals surface area contributed by atoms with Crippen LogP contribution in [0.2, 0.25) is 0 Å². The molecule has 134 valence electrons. The quantitative estimate of drug-likeness (QED) is 0.821. The van der Waals surface area contributed by atoms with Gasteiger partial charge in [-0.2, -0.15) is 4.98 Å². The van der Waals surface area contributed by atoms with Crippen molar-refractivity contribution < 1.29 is 14.1 Å². The summed E-state index contributed by atoms with van der Waals surface area (Å²) in [4.78, 5) is 30.7. The summed E-state index contributed by atoms with van der Waals surface area (Å²) < 4.78 is 5.20. The minimum atomic E-state index is -0.735. The number of aromatic nitrogens is 2. The van der Waals surface area contributed by atoms with Crippen molar-refractivity contribution in [1.82, 2.24) is 20.4 Å². The van der Waals surface area contributed by atoms with Crippen molar-refractivity contribution in [3.63, 3.8) is 0 Å². The second kappa shape index (κ2) is 7.32. The van der Waals surface area contributed by atoms with Gasteiger partial charge in [0.1, 0.15) is 0 Å². The van der Waals surface area contributed by atoms with Gasteiger partial charge in [-0.05, 0) is 26.2 Å². The van der Waals surface area contributed by atoms with Gasteiger partial charge in [0.15, 0.2) is 5.82 Å². The lowest BCUT2D eigenvalue weighted by molar-refractivity contribution is -0.129. The van der Waals surface area contributed by atoms with Crippen LogP contribution in [-0.4, -0.2) is 39.9 Å². The van der Waals surface area contributed by atoms with Gasteiger partial charge in [0, 0.05) is 25.9 Å². The maximum Gasteiger partial charge on any atom is 0.226 e. The van der Waals surface area contributed by atoms with Gasteiger partial charge >= 0.3 is 0 Å². The molecule has 1 aliphatic heterocycles. The lowest BCUT2D eigenvalue weighted by atomic mass is 10.0. The summed E-state index contributed by atoms with van der Waals surface area (Å²) in [6, 6.07) is 0. The summed E-state index contributed by atoms with van der Waals surface area (Å²) >= 11 is 0. The Morgan fingerprint density at radius 3 is 2.79 bits per heavy atom. The predicted molar refractivity (Wildman–Crippen MR) is 89.0 cm³/mol. The number of nitrogens with one attached hydrogen (secondary N) is 1. The fourth-order valence-electron chi connectivity index (χ4n) is 2.86. The average Bonchev–Trinajstić information content (AvgIpc) is 3.07. The molecular formula is C17H28N4O3. The van der Waals surface area contributed by atoms with E-state index < -0.39 is 5.54 Å². The fourth-order valence-corrected chi connectivity index (χ4v) is 2.86. The third-order valence-electron chi connectivity index (χ3n) is 4.10. The Balaban J connectivity index is 1.98. The molecule has 0 spiro atoms. The normalized spacial score (nSPS) is 18.5. The number of nitrogens with zero attached hydrogens (tertiary/aromatic N) is 3. The minimum Gasteiger partial charge on any atom is -0.343 e. The van der Waals surface area contributed by atoms with Gasteiger partial charge in [0.25, 0.3) is 0 Å². The number of amides is 2. The van der Waals surface area contributed by atoms with Crippen LogP contribution < -0.4 is 5.32 Å². The maximum atomic E-state index is 12.6.